The first-order valence-corrected chi connectivity index (χ1v) is 8.57. The lowest BCUT2D eigenvalue weighted by molar-refractivity contribution is -0.128. The van der Waals surface area contributed by atoms with Gasteiger partial charge in [0.05, 0.1) is 0 Å². The maximum atomic E-state index is 12.5. The zero-order valence-electron chi connectivity index (χ0n) is 14.4. The Kier molecular flexibility index (Phi) is 5.09. The minimum atomic E-state index is -0.483. The van der Waals surface area contributed by atoms with Crippen molar-refractivity contribution in [1.29, 1.82) is 0 Å². The van der Waals surface area contributed by atoms with E-state index >= 15 is 0 Å². The van der Waals surface area contributed by atoms with Crippen molar-refractivity contribution in [2.75, 3.05) is 6.54 Å². The highest BCUT2D eigenvalue weighted by Gasteiger charge is 2.32. The maximum Gasteiger partial charge on any atom is 0.265 e. The summed E-state index contributed by atoms with van der Waals surface area (Å²) >= 11 is 5.04. The molecule has 0 bridgehead atoms. The van der Waals surface area contributed by atoms with Crippen molar-refractivity contribution in [2.45, 2.75) is 6.92 Å². The third kappa shape index (κ3) is 3.63. The Hall–Kier alpha value is -3.05. The standard InChI is InChI=1S/C21H18N2O2S/c1-3-11-23-20(25)18(19(24)22-21(23)26)13-15-7-9-16(10-8-15)17-6-4-5-14(2)12-17/h3-10,12-13H,1,11H2,2H3,(H,22,24,26)/b18-13+. The highest BCUT2D eigenvalue weighted by atomic mass is 32.1. The normalized spacial score (nSPS) is 16.0. The number of thiocarbonyl (C=S) groups is 1. The molecule has 2 aromatic rings. The Bertz CT molecular complexity index is 929. The molecule has 1 aliphatic rings. The highest BCUT2D eigenvalue weighted by Crippen LogP contribution is 2.22. The second-order valence-electron chi connectivity index (χ2n) is 6.01. The fraction of sp³-hybridized carbons (Fsp3) is 0.0952. The largest absolute Gasteiger partial charge is 0.298 e. The Balaban J connectivity index is 1.89. The van der Waals surface area contributed by atoms with Crippen LogP contribution in [0.3, 0.4) is 0 Å². The van der Waals surface area contributed by atoms with Crippen molar-refractivity contribution in [2.24, 2.45) is 0 Å². The molecular weight excluding hydrogens is 344 g/mol. The molecule has 1 aliphatic heterocycles. The molecule has 0 aliphatic carbocycles. The minimum Gasteiger partial charge on any atom is -0.298 e. The lowest BCUT2D eigenvalue weighted by Crippen LogP contribution is -2.53. The van der Waals surface area contributed by atoms with E-state index in [0.29, 0.717) is 0 Å². The number of nitrogens with one attached hydrogen (secondary N) is 1. The quantitative estimate of drug-likeness (QED) is 0.392. The van der Waals surface area contributed by atoms with E-state index in [1.807, 2.05) is 36.4 Å². The molecule has 3 rings (SSSR count). The predicted molar refractivity (Wildman–Crippen MR) is 107 cm³/mol. The van der Waals surface area contributed by atoms with Crippen molar-refractivity contribution in [3.63, 3.8) is 0 Å². The van der Waals surface area contributed by atoms with Crippen LogP contribution in [0.5, 0.6) is 0 Å². The van der Waals surface area contributed by atoms with Gasteiger partial charge >= 0.3 is 0 Å². The van der Waals surface area contributed by atoms with Gasteiger partial charge in [-0.05, 0) is 41.9 Å². The summed E-state index contributed by atoms with van der Waals surface area (Å²) in [7, 11) is 0. The number of carbonyl (C=O) groups is 2. The van der Waals surface area contributed by atoms with E-state index in [0.717, 1.165) is 16.7 Å². The van der Waals surface area contributed by atoms with Gasteiger partial charge in [-0.3, -0.25) is 19.8 Å². The number of rotatable bonds is 4. The van der Waals surface area contributed by atoms with E-state index in [4.69, 9.17) is 12.2 Å². The maximum absolute atomic E-state index is 12.5. The van der Waals surface area contributed by atoms with Crippen LogP contribution in [0.4, 0.5) is 0 Å². The lowest BCUT2D eigenvalue weighted by atomic mass is 10.0. The summed E-state index contributed by atoms with van der Waals surface area (Å²) in [6, 6.07) is 15.9. The first kappa shape index (κ1) is 17.8. The number of carbonyl (C=O) groups excluding carboxylic acids is 2. The SMILES string of the molecule is C=CCN1C(=O)/C(=C/c2ccc(-c3cccc(C)c3)cc2)C(=O)NC1=S. The highest BCUT2D eigenvalue weighted by molar-refractivity contribution is 7.80. The van der Waals surface area contributed by atoms with Crippen molar-refractivity contribution < 1.29 is 9.59 Å². The Labute approximate surface area is 157 Å². The number of hydrogen-bond acceptors (Lipinski definition) is 3. The van der Waals surface area contributed by atoms with Crippen molar-refractivity contribution >= 4 is 35.2 Å². The second kappa shape index (κ2) is 7.45. The van der Waals surface area contributed by atoms with Crippen LogP contribution >= 0.6 is 12.2 Å². The Morgan fingerprint density at radius 3 is 2.50 bits per heavy atom. The van der Waals surface area contributed by atoms with Crippen LogP contribution in [0.15, 0.2) is 66.8 Å². The molecule has 2 amide bonds. The molecule has 1 N–H and O–H groups in total. The van der Waals surface area contributed by atoms with Gasteiger partial charge in [0, 0.05) is 6.54 Å². The van der Waals surface area contributed by atoms with E-state index < -0.39 is 11.8 Å². The topological polar surface area (TPSA) is 49.4 Å². The Morgan fingerprint density at radius 2 is 1.85 bits per heavy atom. The van der Waals surface area contributed by atoms with Crippen LogP contribution in [0.2, 0.25) is 0 Å². The summed E-state index contributed by atoms with van der Waals surface area (Å²) in [5.74, 6) is -0.899. The molecule has 130 valence electrons. The third-order valence-electron chi connectivity index (χ3n) is 4.07. The molecule has 1 heterocycles. The van der Waals surface area contributed by atoms with E-state index in [2.05, 4.69) is 31.0 Å². The Morgan fingerprint density at radius 1 is 1.12 bits per heavy atom. The smallest absolute Gasteiger partial charge is 0.265 e. The molecule has 26 heavy (non-hydrogen) atoms. The predicted octanol–water partition coefficient (Wildman–Crippen LogP) is 3.47. The molecule has 5 heteroatoms. The molecule has 2 aromatic carbocycles. The van der Waals surface area contributed by atoms with Gasteiger partial charge in [-0.1, -0.05) is 60.2 Å². The van der Waals surface area contributed by atoms with Crippen LogP contribution in [-0.4, -0.2) is 28.4 Å². The first-order chi connectivity index (χ1) is 12.5. The summed E-state index contributed by atoms with van der Waals surface area (Å²) in [5, 5.41) is 2.64. The van der Waals surface area contributed by atoms with Gasteiger partial charge in [0.25, 0.3) is 11.8 Å². The third-order valence-corrected chi connectivity index (χ3v) is 4.39. The number of amides is 2. The van der Waals surface area contributed by atoms with Crippen LogP contribution in [-0.2, 0) is 9.59 Å². The molecular formula is C21H18N2O2S. The van der Waals surface area contributed by atoms with Crippen molar-refractivity contribution in [3.8, 4) is 11.1 Å². The molecule has 0 aromatic heterocycles. The van der Waals surface area contributed by atoms with E-state index in [1.165, 1.54) is 10.5 Å². The van der Waals surface area contributed by atoms with Crippen LogP contribution in [0, 0.1) is 6.92 Å². The van der Waals surface area contributed by atoms with Crippen LogP contribution in [0.25, 0.3) is 17.2 Å². The molecule has 1 fully saturated rings. The van der Waals surface area contributed by atoms with Crippen molar-refractivity contribution in [1.82, 2.24) is 10.2 Å². The number of aryl methyl sites for hydroxylation is 1. The zero-order chi connectivity index (χ0) is 18.7. The van der Waals surface area contributed by atoms with Crippen LogP contribution in [0.1, 0.15) is 11.1 Å². The molecule has 0 saturated carbocycles. The van der Waals surface area contributed by atoms with E-state index in [-0.39, 0.29) is 17.2 Å². The zero-order valence-corrected chi connectivity index (χ0v) is 15.2. The van der Waals surface area contributed by atoms with Gasteiger partial charge in [-0.2, -0.15) is 0 Å². The summed E-state index contributed by atoms with van der Waals surface area (Å²) in [6.07, 6.45) is 3.14. The van der Waals surface area contributed by atoms with Crippen molar-refractivity contribution in [3.05, 3.63) is 77.9 Å². The number of nitrogens with zero attached hydrogens (tertiary/aromatic N) is 1. The van der Waals surface area contributed by atoms with E-state index in [1.54, 1.807) is 12.2 Å². The average molecular weight is 362 g/mol. The van der Waals surface area contributed by atoms with Gasteiger partial charge < -0.3 is 0 Å². The van der Waals surface area contributed by atoms with Gasteiger partial charge in [0.1, 0.15) is 5.57 Å². The van der Waals surface area contributed by atoms with Gasteiger partial charge in [0.15, 0.2) is 5.11 Å². The monoisotopic (exact) mass is 362 g/mol. The first-order valence-electron chi connectivity index (χ1n) is 8.16. The second-order valence-corrected chi connectivity index (χ2v) is 6.40. The van der Waals surface area contributed by atoms with Crippen LogP contribution < -0.4 is 5.32 Å². The fourth-order valence-corrected chi connectivity index (χ4v) is 3.00. The lowest BCUT2D eigenvalue weighted by Gasteiger charge is -2.27. The molecule has 0 unspecified atom stereocenters. The molecule has 0 radical (unpaired) electrons. The molecule has 0 spiro atoms. The molecule has 4 nitrogen and oxygen atoms in total. The minimum absolute atomic E-state index is 0.0590. The average Bonchev–Trinajstić information content (AvgIpc) is 2.63. The van der Waals surface area contributed by atoms with Gasteiger partial charge in [-0.15, -0.1) is 6.58 Å². The summed E-state index contributed by atoms with van der Waals surface area (Å²) in [4.78, 5) is 26.0. The molecule has 1 saturated heterocycles. The molecule has 0 atom stereocenters. The number of benzene rings is 2. The fourth-order valence-electron chi connectivity index (χ4n) is 2.75. The summed E-state index contributed by atoms with van der Waals surface area (Å²) in [6.45, 7) is 5.91. The summed E-state index contributed by atoms with van der Waals surface area (Å²) < 4.78 is 0. The van der Waals surface area contributed by atoms with Gasteiger partial charge in [0.2, 0.25) is 0 Å². The number of hydrogen-bond donors (Lipinski definition) is 1. The summed E-state index contributed by atoms with van der Waals surface area (Å²) in [5.41, 5.74) is 4.22. The van der Waals surface area contributed by atoms with Gasteiger partial charge in [-0.25, -0.2) is 0 Å². The van der Waals surface area contributed by atoms with E-state index in [9.17, 15) is 9.59 Å².